The third-order valence-electron chi connectivity index (χ3n) is 0.762. The molecule has 1 heterocycles. The number of carbonyl (C=O) groups is 1. The van der Waals surface area contributed by atoms with Gasteiger partial charge >= 0.3 is 6.03 Å². The number of nitrogens with zero attached hydrogens (tertiary/aromatic N) is 1. The minimum Gasteiger partial charge on any atom is -0.281 e. The van der Waals surface area contributed by atoms with Gasteiger partial charge in [-0.3, -0.25) is 5.43 Å². The summed E-state index contributed by atoms with van der Waals surface area (Å²) in [5.41, 5.74) is 4.75. The topological polar surface area (TPSA) is 44.4 Å². The van der Waals surface area contributed by atoms with E-state index >= 15 is 0 Å². The summed E-state index contributed by atoms with van der Waals surface area (Å²) < 4.78 is 1.08. The normalized spacial score (nSPS) is 18.4. The fraction of sp³-hybridized carbons (Fsp3) is 0. The Morgan fingerprint density at radius 1 is 1.62 bits per heavy atom. The highest BCUT2D eigenvalue weighted by atomic mass is 32.1. The summed E-state index contributed by atoms with van der Waals surface area (Å²) in [4.78, 5) is 10.4. The van der Waals surface area contributed by atoms with E-state index in [9.17, 15) is 4.79 Å². The lowest BCUT2D eigenvalue weighted by Gasteiger charge is -2.00. The molecule has 1 fully saturated rings. The minimum atomic E-state index is -0.307. The van der Waals surface area contributed by atoms with Crippen LogP contribution < -0.4 is 10.9 Å². The number of hydrogen-bond donors (Lipinski definition) is 3. The maximum atomic E-state index is 10.4. The number of thiol groups is 1. The summed E-state index contributed by atoms with van der Waals surface area (Å²) in [6, 6.07) is -0.307. The molecule has 5 heteroatoms. The fourth-order valence-electron chi connectivity index (χ4n) is 0.354. The molecule has 0 spiro atoms. The Morgan fingerprint density at radius 2 is 2.25 bits per heavy atom. The molecule has 0 aromatic carbocycles. The van der Waals surface area contributed by atoms with Gasteiger partial charge < -0.3 is 0 Å². The van der Waals surface area contributed by atoms with Gasteiger partial charge in [0.2, 0.25) is 0 Å². The third kappa shape index (κ3) is 0.604. The van der Waals surface area contributed by atoms with Crippen LogP contribution in [0.3, 0.4) is 0 Å². The average Bonchev–Trinajstić information content (AvgIpc) is 1.98. The zero-order valence-electron chi connectivity index (χ0n) is 4.01. The monoisotopic (exact) mass is 131 g/mol. The van der Waals surface area contributed by atoms with Crippen molar-refractivity contribution in [3.63, 3.8) is 0 Å². The molecule has 1 aliphatic rings. The lowest BCUT2D eigenvalue weighted by Crippen LogP contribution is -2.25. The molecule has 0 aliphatic carbocycles. The molecule has 0 bridgehead atoms. The van der Waals surface area contributed by atoms with Gasteiger partial charge in [-0.1, -0.05) is 19.4 Å². The maximum absolute atomic E-state index is 10.4. The molecule has 0 aromatic rings. The molecule has 4 nitrogen and oxygen atoms in total. The first-order valence-electron chi connectivity index (χ1n) is 1.95. The van der Waals surface area contributed by atoms with Crippen molar-refractivity contribution in [1.82, 2.24) is 15.2 Å². The van der Waals surface area contributed by atoms with Crippen molar-refractivity contribution in [3.8, 4) is 0 Å². The second kappa shape index (κ2) is 1.59. The Kier molecular flexibility index (Phi) is 1.05. The number of carbonyl (C=O) groups excluding carboxylic acids is 1. The molecule has 0 radical (unpaired) electrons. The van der Waals surface area contributed by atoms with Gasteiger partial charge in [0.25, 0.3) is 0 Å². The highest BCUT2D eigenvalue weighted by Crippen LogP contribution is 2.05. The Labute approximate surface area is 52.1 Å². The van der Waals surface area contributed by atoms with Crippen LogP contribution in [0.15, 0.2) is 12.4 Å². The smallest absolute Gasteiger partial charge is 0.281 e. The molecule has 1 rings (SSSR count). The van der Waals surface area contributed by atoms with Crippen LogP contribution in [0.25, 0.3) is 0 Å². The molecule has 0 unspecified atom stereocenters. The molecule has 44 valence electrons. The fourth-order valence-corrected chi connectivity index (χ4v) is 0.454. The summed E-state index contributed by atoms with van der Waals surface area (Å²) >= 11 is 3.74. The lowest BCUT2D eigenvalue weighted by molar-refractivity contribution is 0.239. The number of hydrazine groups is 1. The highest BCUT2D eigenvalue weighted by molar-refractivity contribution is 7.78. The van der Waals surface area contributed by atoms with E-state index in [0.29, 0.717) is 5.82 Å². The van der Waals surface area contributed by atoms with Crippen molar-refractivity contribution in [1.29, 1.82) is 0 Å². The SMILES string of the molecule is C=C1NNC(=O)N1S. The zero-order valence-corrected chi connectivity index (χ0v) is 4.90. The van der Waals surface area contributed by atoms with Crippen molar-refractivity contribution in [3.05, 3.63) is 12.4 Å². The summed E-state index contributed by atoms with van der Waals surface area (Å²) in [6.07, 6.45) is 0. The van der Waals surface area contributed by atoms with Gasteiger partial charge in [-0.2, -0.15) is 0 Å². The van der Waals surface area contributed by atoms with Gasteiger partial charge in [0.05, 0.1) is 0 Å². The van der Waals surface area contributed by atoms with E-state index in [1.165, 1.54) is 0 Å². The Morgan fingerprint density at radius 3 is 2.38 bits per heavy atom. The van der Waals surface area contributed by atoms with Gasteiger partial charge in [-0.05, 0) is 0 Å². The van der Waals surface area contributed by atoms with Gasteiger partial charge in [0.15, 0.2) is 0 Å². The second-order valence-corrected chi connectivity index (χ2v) is 1.71. The van der Waals surface area contributed by atoms with E-state index in [1.54, 1.807) is 0 Å². The predicted molar refractivity (Wildman–Crippen MR) is 31.6 cm³/mol. The van der Waals surface area contributed by atoms with Crippen LogP contribution in [0, 0.1) is 0 Å². The molecule has 2 N–H and O–H groups in total. The van der Waals surface area contributed by atoms with Crippen LogP contribution in [-0.2, 0) is 0 Å². The van der Waals surface area contributed by atoms with Crippen LogP contribution in [-0.4, -0.2) is 10.3 Å². The Hall–Kier alpha value is -0.840. The lowest BCUT2D eigenvalue weighted by atomic mass is 10.8. The van der Waals surface area contributed by atoms with E-state index in [-0.39, 0.29) is 6.03 Å². The molecule has 1 saturated heterocycles. The molecule has 0 atom stereocenters. The second-order valence-electron chi connectivity index (χ2n) is 1.31. The van der Waals surface area contributed by atoms with Crippen molar-refractivity contribution >= 4 is 18.8 Å². The largest absolute Gasteiger partial charge is 0.351 e. The van der Waals surface area contributed by atoms with Crippen molar-refractivity contribution in [2.24, 2.45) is 0 Å². The Balaban J connectivity index is 2.70. The quantitative estimate of drug-likeness (QED) is 0.400. The molecular weight excluding hydrogens is 126 g/mol. The summed E-state index contributed by atoms with van der Waals surface area (Å²) in [6.45, 7) is 3.44. The molecular formula is C3H5N3OS. The number of amides is 2. The van der Waals surface area contributed by atoms with E-state index in [0.717, 1.165) is 4.31 Å². The maximum Gasteiger partial charge on any atom is 0.351 e. The van der Waals surface area contributed by atoms with Crippen LogP contribution in [0.2, 0.25) is 0 Å². The van der Waals surface area contributed by atoms with Gasteiger partial charge in [0, 0.05) is 0 Å². The molecule has 8 heavy (non-hydrogen) atoms. The van der Waals surface area contributed by atoms with Gasteiger partial charge in [-0.15, -0.1) is 0 Å². The van der Waals surface area contributed by atoms with E-state index < -0.39 is 0 Å². The first kappa shape index (κ1) is 5.30. The summed E-state index contributed by atoms with van der Waals surface area (Å²) in [7, 11) is 0. The third-order valence-corrected chi connectivity index (χ3v) is 1.18. The van der Waals surface area contributed by atoms with Gasteiger partial charge in [0.1, 0.15) is 5.82 Å². The number of nitrogens with one attached hydrogen (secondary N) is 2. The standard InChI is InChI=1S/C3H5N3OS/c1-2-4-5-3(7)6(2)8/h4,8H,1H2,(H,5,7). The number of rotatable bonds is 0. The molecule has 1 aliphatic heterocycles. The van der Waals surface area contributed by atoms with Crippen molar-refractivity contribution in [2.75, 3.05) is 0 Å². The summed E-state index contributed by atoms with van der Waals surface area (Å²) in [5.74, 6) is 0.443. The summed E-state index contributed by atoms with van der Waals surface area (Å²) in [5, 5.41) is 0. The van der Waals surface area contributed by atoms with E-state index in [2.05, 4.69) is 30.2 Å². The van der Waals surface area contributed by atoms with Crippen LogP contribution in [0.5, 0.6) is 0 Å². The van der Waals surface area contributed by atoms with E-state index in [1.807, 2.05) is 0 Å². The first-order valence-corrected chi connectivity index (χ1v) is 2.35. The predicted octanol–water partition coefficient (Wildman–Crippen LogP) is -0.168. The molecule has 2 amide bonds. The van der Waals surface area contributed by atoms with Crippen molar-refractivity contribution < 1.29 is 4.79 Å². The van der Waals surface area contributed by atoms with Crippen LogP contribution in [0.4, 0.5) is 4.79 Å². The molecule has 0 saturated carbocycles. The number of hydrogen-bond acceptors (Lipinski definition) is 3. The highest BCUT2D eigenvalue weighted by Gasteiger charge is 2.18. The van der Waals surface area contributed by atoms with Crippen LogP contribution in [0.1, 0.15) is 0 Å². The average molecular weight is 131 g/mol. The van der Waals surface area contributed by atoms with Crippen LogP contribution >= 0.6 is 12.8 Å². The zero-order chi connectivity index (χ0) is 6.15. The number of urea groups is 1. The Bertz CT molecular complexity index is 129. The minimum absolute atomic E-state index is 0.307. The molecule has 0 aromatic heterocycles. The van der Waals surface area contributed by atoms with E-state index in [4.69, 9.17) is 0 Å². The van der Waals surface area contributed by atoms with Crippen molar-refractivity contribution in [2.45, 2.75) is 0 Å². The first-order chi connectivity index (χ1) is 3.72. The van der Waals surface area contributed by atoms with Gasteiger partial charge in [-0.25, -0.2) is 14.5 Å².